The van der Waals surface area contributed by atoms with Gasteiger partial charge in [0, 0.05) is 77.3 Å². The van der Waals surface area contributed by atoms with Crippen molar-refractivity contribution < 1.29 is 32.3 Å². The SMILES string of the molecule is CC(=O)N1CCN(c2ccc(CN(C(=O)/C=C/c3ccc(C(F)(F)F)cc3)[C@@H](Cc3ccccc3)C(=O)N(C)CCOc3ncccn3)cc2)CC1. The lowest BCUT2D eigenvalue weighted by atomic mass is 10.0. The van der Waals surface area contributed by atoms with E-state index in [2.05, 4.69) is 14.9 Å². The summed E-state index contributed by atoms with van der Waals surface area (Å²) in [7, 11) is 1.64. The maximum Gasteiger partial charge on any atom is 0.416 e. The maximum atomic E-state index is 14.2. The number of piperazine rings is 1. The molecule has 1 saturated heterocycles. The van der Waals surface area contributed by atoms with E-state index in [4.69, 9.17) is 4.74 Å². The predicted molar refractivity (Wildman–Crippen MR) is 191 cm³/mol. The number of ether oxygens (including phenoxy) is 1. The Bertz CT molecular complexity index is 1800. The van der Waals surface area contributed by atoms with Gasteiger partial charge in [-0.3, -0.25) is 14.4 Å². The number of halogens is 3. The van der Waals surface area contributed by atoms with Crippen LogP contribution < -0.4 is 9.64 Å². The smallest absolute Gasteiger partial charge is 0.416 e. The topological polar surface area (TPSA) is 99.2 Å². The quantitative estimate of drug-likeness (QED) is 0.172. The van der Waals surface area contributed by atoms with Gasteiger partial charge in [0.1, 0.15) is 12.6 Å². The molecule has 272 valence electrons. The highest BCUT2D eigenvalue weighted by Gasteiger charge is 2.32. The monoisotopic (exact) mass is 714 g/mol. The van der Waals surface area contributed by atoms with E-state index < -0.39 is 23.7 Å². The maximum absolute atomic E-state index is 14.2. The molecule has 0 bridgehead atoms. The molecule has 52 heavy (non-hydrogen) atoms. The fraction of sp³-hybridized carbons (Fsp3) is 0.308. The van der Waals surface area contributed by atoms with Crippen LogP contribution in [0.3, 0.4) is 0 Å². The first-order chi connectivity index (χ1) is 25.0. The standard InChI is InChI=1S/C39H41F3N6O4/c1-29(49)46-21-23-47(24-22-46)34-16-11-32(12-17-34)28-48(36(50)18-13-30-9-14-33(15-10-30)39(40,41)42)35(27-31-7-4-3-5-8-31)37(51)45(2)25-26-52-38-43-19-6-20-44-38/h3-20,35H,21-28H2,1-2H3/b18-13+/t35-/m0/s1. The van der Waals surface area contributed by atoms with Crippen LogP contribution in [-0.4, -0.2) is 94.8 Å². The Morgan fingerprint density at radius 3 is 2.13 bits per heavy atom. The molecule has 3 aromatic carbocycles. The van der Waals surface area contributed by atoms with E-state index in [0.29, 0.717) is 31.7 Å². The number of carbonyl (C=O) groups excluding carboxylic acids is 3. The lowest BCUT2D eigenvalue weighted by molar-refractivity contribution is -0.143. The zero-order valence-corrected chi connectivity index (χ0v) is 29.1. The van der Waals surface area contributed by atoms with Crippen LogP contribution >= 0.6 is 0 Å². The van der Waals surface area contributed by atoms with E-state index in [1.54, 1.807) is 32.4 Å². The van der Waals surface area contributed by atoms with Gasteiger partial charge in [0.25, 0.3) is 0 Å². The van der Waals surface area contributed by atoms with E-state index in [0.717, 1.165) is 28.9 Å². The zero-order valence-electron chi connectivity index (χ0n) is 29.1. The molecular weight excluding hydrogens is 673 g/mol. The van der Waals surface area contributed by atoms with Gasteiger partial charge >= 0.3 is 12.2 Å². The normalized spacial score (nSPS) is 13.9. The number of benzene rings is 3. The average Bonchev–Trinajstić information content (AvgIpc) is 3.16. The van der Waals surface area contributed by atoms with E-state index in [1.165, 1.54) is 34.1 Å². The summed E-state index contributed by atoms with van der Waals surface area (Å²) in [5.74, 6) is -0.756. The molecule has 3 amide bonds. The van der Waals surface area contributed by atoms with E-state index in [1.807, 2.05) is 59.5 Å². The van der Waals surface area contributed by atoms with Crippen LogP contribution in [0.25, 0.3) is 6.08 Å². The van der Waals surface area contributed by atoms with Crippen molar-refractivity contribution >= 4 is 29.5 Å². The van der Waals surface area contributed by atoms with Crippen LogP contribution in [-0.2, 0) is 33.5 Å². The number of likely N-dealkylation sites (N-methyl/N-ethyl adjacent to an activating group) is 1. The molecule has 0 unspecified atom stereocenters. The molecular formula is C39H41F3N6O4. The largest absolute Gasteiger partial charge is 0.462 e. The zero-order chi connectivity index (χ0) is 37.1. The van der Waals surface area contributed by atoms with Crippen LogP contribution in [0, 0.1) is 0 Å². The van der Waals surface area contributed by atoms with Gasteiger partial charge in [-0.05, 0) is 53.1 Å². The minimum atomic E-state index is -4.48. The van der Waals surface area contributed by atoms with Gasteiger partial charge in [-0.25, -0.2) is 9.97 Å². The number of carbonyl (C=O) groups is 3. The van der Waals surface area contributed by atoms with Crippen molar-refractivity contribution in [1.29, 1.82) is 0 Å². The third-order valence-corrected chi connectivity index (χ3v) is 8.83. The highest BCUT2D eigenvalue weighted by Crippen LogP contribution is 2.29. The molecule has 1 atom stereocenters. The first-order valence-electron chi connectivity index (χ1n) is 16.9. The van der Waals surface area contributed by atoms with Gasteiger partial charge in [-0.15, -0.1) is 0 Å². The number of aromatic nitrogens is 2. The van der Waals surface area contributed by atoms with Crippen LogP contribution in [0.2, 0.25) is 0 Å². The molecule has 1 aliphatic rings. The van der Waals surface area contributed by atoms with E-state index in [9.17, 15) is 27.6 Å². The molecule has 1 aliphatic heterocycles. The number of hydrogen-bond acceptors (Lipinski definition) is 7. The molecule has 0 N–H and O–H groups in total. The predicted octanol–water partition coefficient (Wildman–Crippen LogP) is 5.35. The van der Waals surface area contributed by atoms with Crippen molar-refractivity contribution in [3.05, 3.63) is 126 Å². The highest BCUT2D eigenvalue weighted by molar-refractivity contribution is 5.95. The Morgan fingerprint density at radius 1 is 0.865 bits per heavy atom. The van der Waals surface area contributed by atoms with Crippen LogP contribution in [0.15, 0.2) is 103 Å². The first kappa shape index (κ1) is 37.5. The number of anilines is 1. The summed E-state index contributed by atoms with van der Waals surface area (Å²) in [6, 6.07) is 22.5. The summed E-state index contributed by atoms with van der Waals surface area (Å²) >= 11 is 0. The molecule has 13 heteroatoms. The summed E-state index contributed by atoms with van der Waals surface area (Å²) in [6.45, 7) is 4.61. The number of alkyl halides is 3. The van der Waals surface area contributed by atoms with Gasteiger partial charge in [0.05, 0.1) is 12.1 Å². The Hall–Kier alpha value is -5.72. The summed E-state index contributed by atoms with van der Waals surface area (Å²) in [4.78, 5) is 55.2. The van der Waals surface area contributed by atoms with E-state index in [-0.39, 0.29) is 43.9 Å². The second-order valence-corrected chi connectivity index (χ2v) is 12.4. The summed E-state index contributed by atoms with van der Waals surface area (Å²) < 4.78 is 45.1. The summed E-state index contributed by atoms with van der Waals surface area (Å²) in [6.07, 6.45) is 1.56. The van der Waals surface area contributed by atoms with Crippen molar-refractivity contribution in [2.75, 3.05) is 51.3 Å². The van der Waals surface area contributed by atoms with E-state index >= 15 is 0 Å². The molecule has 4 aromatic rings. The highest BCUT2D eigenvalue weighted by atomic mass is 19.4. The van der Waals surface area contributed by atoms with Crippen LogP contribution in [0.1, 0.15) is 29.2 Å². The molecule has 5 rings (SSSR count). The van der Waals surface area contributed by atoms with Gasteiger partial charge in [-0.2, -0.15) is 13.2 Å². The minimum Gasteiger partial charge on any atom is -0.462 e. The second-order valence-electron chi connectivity index (χ2n) is 12.4. The number of amides is 3. The van der Waals surface area contributed by atoms with Crippen molar-refractivity contribution in [3.63, 3.8) is 0 Å². The molecule has 1 aromatic heterocycles. The summed E-state index contributed by atoms with van der Waals surface area (Å²) in [5.41, 5.74) is 2.21. The Balaban J connectivity index is 1.40. The van der Waals surface area contributed by atoms with Gasteiger partial charge < -0.3 is 24.3 Å². The van der Waals surface area contributed by atoms with Crippen molar-refractivity contribution in [2.45, 2.75) is 32.1 Å². The number of nitrogens with zero attached hydrogens (tertiary/aromatic N) is 6. The molecule has 0 saturated carbocycles. The molecule has 10 nitrogen and oxygen atoms in total. The molecule has 1 fully saturated rings. The molecule has 0 spiro atoms. The Morgan fingerprint density at radius 2 is 1.52 bits per heavy atom. The number of hydrogen-bond donors (Lipinski definition) is 0. The Labute approximate surface area is 301 Å². The van der Waals surface area contributed by atoms with Crippen LogP contribution in [0.4, 0.5) is 18.9 Å². The van der Waals surface area contributed by atoms with Crippen molar-refractivity contribution in [1.82, 2.24) is 24.7 Å². The third kappa shape index (κ3) is 10.4. The lowest BCUT2D eigenvalue weighted by Crippen LogP contribution is -2.51. The molecule has 0 radical (unpaired) electrons. The van der Waals surface area contributed by atoms with Gasteiger partial charge in [-0.1, -0.05) is 54.6 Å². The van der Waals surface area contributed by atoms with Crippen molar-refractivity contribution in [3.8, 4) is 6.01 Å². The van der Waals surface area contributed by atoms with Crippen LogP contribution in [0.5, 0.6) is 6.01 Å². The van der Waals surface area contributed by atoms with Gasteiger partial charge in [0.2, 0.25) is 17.7 Å². The first-order valence-corrected chi connectivity index (χ1v) is 16.9. The molecule has 0 aliphatic carbocycles. The lowest BCUT2D eigenvalue weighted by Gasteiger charge is -2.36. The fourth-order valence-corrected chi connectivity index (χ4v) is 5.84. The third-order valence-electron chi connectivity index (χ3n) is 8.83. The summed E-state index contributed by atoms with van der Waals surface area (Å²) in [5, 5.41) is 0. The minimum absolute atomic E-state index is 0.0510. The van der Waals surface area contributed by atoms with Gasteiger partial charge in [0.15, 0.2) is 0 Å². The average molecular weight is 715 g/mol. The fourth-order valence-electron chi connectivity index (χ4n) is 5.84. The number of rotatable bonds is 13. The molecule has 2 heterocycles. The Kier molecular flexibility index (Phi) is 12.6. The van der Waals surface area contributed by atoms with Crippen molar-refractivity contribution in [2.24, 2.45) is 0 Å². The second kappa shape index (κ2) is 17.5.